The van der Waals surface area contributed by atoms with E-state index < -0.39 is 0 Å². The summed E-state index contributed by atoms with van der Waals surface area (Å²) in [4.78, 5) is 0. The van der Waals surface area contributed by atoms with E-state index in [0.717, 1.165) is 11.3 Å². The molecule has 2 aromatic rings. The van der Waals surface area contributed by atoms with E-state index in [2.05, 4.69) is 10.2 Å². The molecule has 0 saturated carbocycles. The highest BCUT2D eigenvalue weighted by Gasteiger charge is 2.02. The Kier molecular flexibility index (Phi) is 2.49. The summed E-state index contributed by atoms with van der Waals surface area (Å²) in [5, 5.41) is 7.72. The van der Waals surface area contributed by atoms with E-state index >= 15 is 0 Å². The molecule has 0 unspecified atom stereocenters. The van der Waals surface area contributed by atoms with Gasteiger partial charge in [-0.1, -0.05) is 11.6 Å². The highest BCUT2D eigenvalue weighted by Crippen LogP contribution is 2.13. The van der Waals surface area contributed by atoms with Gasteiger partial charge in [0.2, 0.25) is 0 Å². The van der Waals surface area contributed by atoms with E-state index in [0.29, 0.717) is 0 Å². The molecule has 0 saturated heterocycles. The molecule has 0 aliphatic heterocycles. The van der Waals surface area contributed by atoms with Gasteiger partial charge in [-0.15, -0.1) is 0 Å². The minimum absolute atomic E-state index is 0.959. The van der Waals surface area contributed by atoms with Crippen LogP contribution in [0.25, 0.3) is 5.69 Å². The summed E-state index contributed by atoms with van der Waals surface area (Å²) < 4.78 is 1.79. The lowest BCUT2D eigenvalue weighted by atomic mass is 10.1. The molecule has 0 aliphatic rings. The third kappa shape index (κ3) is 1.88. The summed E-state index contributed by atoms with van der Waals surface area (Å²) in [7, 11) is 0. The zero-order chi connectivity index (χ0) is 10.7. The van der Waals surface area contributed by atoms with Crippen molar-refractivity contribution in [1.82, 2.24) is 9.78 Å². The van der Waals surface area contributed by atoms with Crippen molar-refractivity contribution in [2.24, 2.45) is 10.9 Å². The fourth-order valence-electron chi connectivity index (χ4n) is 1.48. The van der Waals surface area contributed by atoms with E-state index in [1.54, 1.807) is 17.1 Å². The summed E-state index contributed by atoms with van der Waals surface area (Å²) in [6.07, 6.45) is 5.26. The van der Waals surface area contributed by atoms with Gasteiger partial charge in [0.1, 0.15) is 0 Å². The van der Waals surface area contributed by atoms with Crippen LogP contribution in [0, 0.1) is 6.92 Å². The van der Waals surface area contributed by atoms with Gasteiger partial charge in [-0.05, 0) is 25.1 Å². The largest absolute Gasteiger partial charge is 0.323 e. The molecule has 15 heavy (non-hydrogen) atoms. The van der Waals surface area contributed by atoms with Crippen molar-refractivity contribution in [1.29, 1.82) is 0 Å². The maximum absolute atomic E-state index is 5.17. The number of rotatable bonds is 2. The van der Waals surface area contributed by atoms with Crippen molar-refractivity contribution in [3.05, 3.63) is 47.8 Å². The minimum atomic E-state index is 0.959. The molecule has 0 spiro atoms. The van der Waals surface area contributed by atoms with Crippen molar-refractivity contribution in [2.45, 2.75) is 6.92 Å². The molecule has 76 valence electrons. The lowest BCUT2D eigenvalue weighted by Crippen LogP contribution is -2.00. The molecular formula is C11H12N4. The predicted molar refractivity (Wildman–Crippen MR) is 60.1 cm³/mol. The van der Waals surface area contributed by atoms with Crippen LogP contribution >= 0.6 is 0 Å². The number of nitrogens with two attached hydrogens (primary N) is 1. The van der Waals surface area contributed by atoms with Crippen LogP contribution in [0.4, 0.5) is 0 Å². The second-order valence-electron chi connectivity index (χ2n) is 3.29. The number of nitrogens with zero attached hydrogens (tertiary/aromatic N) is 3. The normalized spacial score (nSPS) is 11.0. The minimum Gasteiger partial charge on any atom is -0.323 e. The van der Waals surface area contributed by atoms with Crippen LogP contribution in [-0.2, 0) is 0 Å². The fraction of sp³-hybridized carbons (Fsp3) is 0.0909. The molecule has 4 heteroatoms. The van der Waals surface area contributed by atoms with Crippen LogP contribution in [0.2, 0.25) is 0 Å². The molecule has 0 amide bonds. The lowest BCUT2D eigenvalue weighted by Gasteiger charge is -2.06. The third-order valence-corrected chi connectivity index (χ3v) is 2.15. The van der Waals surface area contributed by atoms with E-state index in [9.17, 15) is 0 Å². The van der Waals surface area contributed by atoms with E-state index in [1.807, 2.05) is 37.4 Å². The van der Waals surface area contributed by atoms with Gasteiger partial charge in [0.05, 0.1) is 11.9 Å². The van der Waals surface area contributed by atoms with E-state index in [-0.39, 0.29) is 0 Å². The first-order chi connectivity index (χ1) is 7.31. The average Bonchev–Trinajstić information content (AvgIpc) is 2.71. The molecule has 0 atom stereocenters. The van der Waals surface area contributed by atoms with Gasteiger partial charge in [0, 0.05) is 18.0 Å². The van der Waals surface area contributed by atoms with Crippen LogP contribution in [-0.4, -0.2) is 16.0 Å². The molecular weight excluding hydrogens is 188 g/mol. The Bertz CT molecular complexity index is 471. The van der Waals surface area contributed by atoms with Gasteiger partial charge < -0.3 is 5.84 Å². The zero-order valence-electron chi connectivity index (χ0n) is 8.46. The number of benzene rings is 1. The standard InChI is InChI=1S/C11H12N4/c1-9-3-4-11(10(7-9)8-13-12)15-6-2-5-14-15/h2-8H,12H2,1H3. The molecule has 1 aromatic carbocycles. The molecule has 2 N–H and O–H groups in total. The quantitative estimate of drug-likeness (QED) is 0.453. The number of hydrogen-bond donors (Lipinski definition) is 1. The molecule has 4 nitrogen and oxygen atoms in total. The van der Waals surface area contributed by atoms with E-state index in [4.69, 9.17) is 5.84 Å². The van der Waals surface area contributed by atoms with Gasteiger partial charge in [0.25, 0.3) is 0 Å². The maximum atomic E-state index is 5.17. The van der Waals surface area contributed by atoms with Gasteiger partial charge in [0.15, 0.2) is 0 Å². The Morgan fingerprint density at radius 1 is 1.47 bits per heavy atom. The Morgan fingerprint density at radius 2 is 2.33 bits per heavy atom. The third-order valence-electron chi connectivity index (χ3n) is 2.15. The second-order valence-corrected chi connectivity index (χ2v) is 3.29. The van der Waals surface area contributed by atoms with Crippen molar-refractivity contribution in [3.63, 3.8) is 0 Å². The Hall–Kier alpha value is -2.10. The molecule has 0 aliphatic carbocycles. The first kappa shape index (κ1) is 9.45. The van der Waals surface area contributed by atoms with Gasteiger partial charge in [-0.25, -0.2) is 4.68 Å². The number of hydrazone groups is 1. The monoisotopic (exact) mass is 200 g/mol. The van der Waals surface area contributed by atoms with Gasteiger partial charge >= 0.3 is 0 Å². The first-order valence-electron chi connectivity index (χ1n) is 4.65. The number of hydrogen-bond acceptors (Lipinski definition) is 3. The smallest absolute Gasteiger partial charge is 0.0734 e. The molecule has 1 heterocycles. The van der Waals surface area contributed by atoms with Crippen LogP contribution in [0.1, 0.15) is 11.1 Å². The second kappa shape index (κ2) is 3.96. The summed E-state index contributed by atoms with van der Waals surface area (Å²) in [6.45, 7) is 2.03. The summed E-state index contributed by atoms with van der Waals surface area (Å²) in [5.74, 6) is 5.17. The Morgan fingerprint density at radius 3 is 3.00 bits per heavy atom. The van der Waals surface area contributed by atoms with Crippen LogP contribution < -0.4 is 5.84 Å². The van der Waals surface area contributed by atoms with E-state index in [1.165, 1.54) is 5.56 Å². The number of aromatic nitrogens is 2. The topological polar surface area (TPSA) is 56.2 Å². The highest BCUT2D eigenvalue weighted by molar-refractivity contribution is 5.84. The SMILES string of the molecule is Cc1ccc(-n2cccn2)c(C=NN)c1. The Labute approximate surface area is 88.0 Å². The molecule has 1 aromatic heterocycles. The van der Waals surface area contributed by atoms with Crippen LogP contribution in [0.3, 0.4) is 0 Å². The number of aryl methyl sites for hydroxylation is 1. The summed E-state index contributed by atoms with van der Waals surface area (Å²) in [5.41, 5.74) is 3.10. The van der Waals surface area contributed by atoms with Crippen molar-refractivity contribution in [2.75, 3.05) is 0 Å². The fourth-order valence-corrected chi connectivity index (χ4v) is 1.48. The molecule has 0 bridgehead atoms. The molecule has 2 rings (SSSR count). The van der Waals surface area contributed by atoms with Crippen LogP contribution in [0.5, 0.6) is 0 Å². The van der Waals surface area contributed by atoms with Crippen molar-refractivity contribution in [3.8, 4) is 5.69 Å². The first-order valence-corrected chi connectivity index (χ1v) is 4.65. The van der Waals surface area contributed by atoms with Crippen molar-refractivity contribution >= 4 is 6.21 Å². The summed E-state index contributed by atoms with van der Waals surface area (Å²) in [6, 6.07) is 7.93. The molecule has 0 radical (unpaired) electrons. The van der Waals surface area contributed by atoms with Gasteiger partial charge in [-0.3, -0.25) is 0 Å². The molecule has 0 fully saturated rings. The zero-order valence-corrected chi connectivity index (χ0v) is 8.46. The summed E-state index contributed by atoms with van der Waals surface area (Å²) >= 11 is 0. The van der Waals surface area contributed by atoms with Crippen molar-refractivity contribution < 1.29 is 0 Å². The maximum Gasteiger partial charge on any atom is 0.0734 e. The van der Waals surface area contributed by atoms with Gasteiger partial charge in [-0.2, -0.15) is 10.2 Å². The predicted octanol–water partition coefficient (Wildman–Crippen LogP) is 1.47. The van der Waals surface area contributed by atoms with Crippen LogP contribution in [0.15, 0.2) is 41.8 Å². The lowest BCUT2D eigenvalue weighted by molar-refractivity contribution is 0.878. The Balaban J connectivity index is 2.56. The highest BCUT2D eigenvalue weighted by atomic mass is 15.3. The average molecular weight is 200 g/mol.